The van der Waals surface area contributed by atoms with Gasteiger partial charge < -0.3 is 25.4 Å². The Kier molecular flexibility index (Phi) is 10.1. The number of benzene rings is 1. The summed E-state index contributed by atoms with van der Waals surface area (Å²) < 4.78 is 10.9. The van der Waals surface area contributed by atoms with Gasteiger partial charge in [0.2, 0.25) is 0 Å². The molecule has 2 amide bonds. The highest BCUT2D eigenvalue weighted by molar-refractivity contribution is 6.39. The van der Waals surface area contributed by atoms with Crippen molar-refractivity contribution in [1.29, 1.82) is 0 Å². The molecular weight excluding hydrogens is 514 g/mol. The highest BCUT2D eigenvalue weighted by Gasteiger charge is 2.28. The van der Waals surface area contributed by atoms with E-state index in [1.807, 2.05) is 51.1 Å². The van der Waals surface area contributed by atoms with Crippen molar-refractivity contribution in [3.05, 3.63) is 36.5 Å². The van der Waals surface area contributed by atoms with E-state index in [1.165, 1.54) is 0 Å². The van der Waals surface area contributed by atoms with Crippen LogP contribution in [-0.2, 0) is 23.9 Å². The number of unbranched alkanes of at least 4 members (excludes halogenated alkanes) is 1. The van der Waals surface area contributed by atoms with Gasteiger partial charge in [0, 0.05) is 31.1 Å². The van der Waals surface area contributed by atoms with Gasteiger partial charge in [-0.25, -0.2) is 9.78 Å². The van der Waals surface area contributed by atoms with Crippen molar-refractivity contribution in [1.82, 2.24) is 10.3 Å². The minimum atomic E-state index is -0.980. The second-order valence-corrected chi connectivity index (χ2v) is 11.8. The number of aromatic nitrogens is 1. The zero-order valence-electron chi connectivity index (χ0n) is 24.2. The number of ether oxygens (including phenoxy) is 2. The summed E-state index contributed by atoms with van der Waals surface area (Å²) in [6, 6.07) is 8.73. The summed E-state index contributed by atoms with van der Waals surface area (Å²) in [5.74, 6) is -0.494. The van der Waals surface area contributed by atoms with Crippen LogP contribution in [-0.4, -0.2) is 65.1 Å². The van der Waals surface area contributed by atoms with E-state index in [-0.39, 0.29) is 18.4 Å². The van der Waals surface area contributed by atoms with E-state index in [4.69, 9.17) is 20.0 Å². The van der Waals surface area contributed by atoms with E-state index in [0.29, 0.717) is 31.6 Å². The van der Waals surface area contributed by atoms with Crippen molar-refractivity contribution in [3.63, 3.8) is 0 Å². The second kappa shape index (κ2) is 13.1. The molecule has 218 valence electrons. The largest absolute Gasteiger partial charge is 0.459 e. The highest BCUT2D eigenvalue weighted by Crippen LogP contribution is 2.23. The average molecular weight is 556 g/mol. The van der Waals surface area contributed by atoms with Crippen molar-refractivity contribution in [2.24, 2.45) is 10.9 Å². The molecule has 40 heavy (non-hydrogen) atoms. The zero-order valence-corrected chi connectivity index (χ0v) is 24.2. The molecule has 1 aromatic carbocycles. The van der Waals surface area contributed by atoms with Gasteiger partial charge in [0.25, 0.3) is 5.91 Å². The summed E-state index contributed by atoms with van der Waals surface area (Å²) in [5, 5.41) is 8.49. The first-order valence-electron chi connectivity index (χ1n) is 13.6. The van der Waals surface area contributed by atoms with Crippen molar-refractivity contribution < 1.29 is 28.7 Å². The van der Waals surface area contributed by atoms with Gasteiger partial charge in [-0.05, 0) is 72.3 Å². The van der Waals surface area contributed by atoms with Crippen LogP contribution in [0.5, 0.6) is 0 Å². The summed E-state index contributed by atoms with van der Waals surface area (Å²) in [7, 11) is 0. The Bertz CT molecular complexity index is 1230. The highest BCUT2D eigenvalue weighted by atomic mass is 16.6. The minimum absolute atomic E-state index is 0.0687. The minimum Gasteiger partial charge on any atom is -0.459 e. The Hall–Kier alpha value is -3.73. The number of oxime groups is 1. The molecule has 1 aliphatic rings. The van der Waals surface area contributed by atoms with E-state index in [2.05, 4.69) is 15.5 Å². The van der Waals surface area contributed by atoms with Crippen LogP contribution in [0.25, 0.3) is 10.8 Å². The summed E-state index contributed by atoms with van der Waals surface area (Å²) in [5.41, 5.74) is 4.77. The quantitative estimate of drug-likeness (QED) is 0.330. The average Bonchev–Trinajstić information content (AvgIpc) is 3.33. The Morgan fingerprint density at radius 1 is 1.07 bits per heavy atom. The molecule has 2 atom stereocenters. The van der Waals surface area contributed by atoms with Crippen molar-refractivity contribution >= 4 is 40.3 Å². The number of hydrogen-bond donors (Lipinski definition) is 2. The summed E-state index contributed by atoms with van der Waals surface area (Å²) in [6.45, 7) is 11.1. The van der Waals surface area contributed by atoms with Gasteiger partial charge in [0.1, 0.15) is 34.9 Å². The lowest BCUT2D eigenvalue weighted by Gasteiger charge is -2.27. The third-order valence-electron chi connectivity index (χ3n) is 5.85. The lowest BCUT2D eigenvalue weighted by Crippen LogP contribution is -2.46. The number of carbonyl (C=O) groups is 3. The number of nitrogens with zero attached hydrogens (tertiary/aromatic N) is 3. The first-order chi connectivity index (χ1) is 18.7. The molecule has 11 nitrogen and oxygen atoms in total. The van der Waals surface area contributed by atoms with E-state index in [1.54, 1.807) is 31.9 Å². The SMILES string of the molecule is CC(C)(C)OC(=O)[C@@H](N)CNC(=O)C1=NOC(CCCCN(C(=O)OC(C)(C)C)c2cc3ccccc3cn2)C1. The van der Waals surface area contributed by atoms with Gasteiger partial charge in [-0.2, -0.15) is 0 Å². The first kappa shape index (κ1) is 30.8. The van der Waals surface area contributed by atoms with Gasteiger partial charge in [0.05, 0.1) is 0 Å². The lowest BCUT2D eigenvalue weighted by atomic mass is 10.1. The number of nitrogens with one attached hydrogen (secondary N) is 1. The first-order valence-corrected chi connectivity index (χ1v) is 13.6. The monoisotopic (exact) mass is 555 g/mol. The fourth-order valence-corrected chi connectivity index (χ4v) is 3.96. The molecule has 0 saturated carbocycles. The van der Waals surface area contributed by atoms with Crippen LogP contribution >= 0.6 is 0 Å². The summed E-state index contributed by atoms with van der Waals surface area (Å²) in [6.07, 6.45) is 3.42. The Morgan fingerprint density at radius 2 is 1.75 bits per heavy atom. The number of nitrogens with two attached hydrogens (primary N) is 1. The molecule has 0 saturated heterocycles. The smallest absolute Gasteiger partial charge is 0.416 e. The van der Waals surface area contributed by atoms with Crippen LogP contribution in [0.15, 0.2) is 41.7 Å². The van der Waals surface area contributed by atoms with Crippen LogP contribution in [0, 0.1) is 0 Å². The van der Waals surface area contributed by atoms with E-state index >= 15 is 0 Å². The molecule has 0 bridgehead atoms. The standard InChI is InChI=1S/C29H41N5O6/c1-28(2,3)38-26(36)22(30)18-32-25(35)23-16-21(40-33-23)13-9-10-14-34(27(37)39-29(4,5)6)24-15-19-11-7-8-12-20(19)17-31-24/h7-8,11-12,15,17,21-22H,9-10,13-14,16,18,30H2,1-6H3,(H,32,35)/t21?,22-/m0/s1. The summed E-state index contributed by atoms with van der Waals surface area (Å²) in [4.78, 5) is 49.0. The topological polar surface area (TPSA) is 145 Å². The van der Waals surface area contributed by atoms with E-state index in [0.717, 1.165) is 17.2 Å². The number of esters is 1. The fraction of sp³-hybridized carbons (Fsp3) is 0.552. The number of fused-ring (bicyclic) bond motifs is 1. The molecule has 3 rings (SSSR count). The molecule has 0 spiro atoms. The van der Waals surface area contributed by atoms with Gasteiger partial charge in [-0.15, -0.1) is 0 Å². The fourth-order valence-electron chi connectivity index (χ4n) is 3.96. The molecule has 3 N–H and O–H groups in total. The van der Waals surface area contributed by atoms with E-state index in [9.17, 15) is 14.4 Å². The van der Waals surface area contributed by atoms with Gasteiger partial charge >= 0.3 is 12.1 Å². The molecule has 0 fully saturated rings. The van der Waals surface area contributed by atoms with Crippen LogP contribution in [0.4, 0.5) is 10.6 Å². The van der Waals surface area contributed by atoms with Gasteiger partial charge in [0.15, 0.2) is 0 Å². The molecule has 1 aromatic heterocycles. The maximum atomic E-state index is 13.0. The Morgan fingerprint density at radius 3 is 2.42 bits per heavy atom. The molecule has 0 radical (unpaired) electrons. The molecule has 1 aliphatic heterocycles. The maximum absolute atomic E-state index is 13.0. The van der Waals surface area contributed by atoms with Gasteiger partial charge in [-0.3, -0.25) is 14.5 Å². The number of pyridine rings is 1. The number of hydrogen-bond acceptors (Lipinski definition) is 9. The lowest BCUT2D eigenvalue weighted by molar-refractivity contribution is -0.156. The van der Waals surface area contributed by atoms with Crippen LogP contribution < -0.4 is 16.0 Å². The number of amides is 2. The second-order valence-electron chi connectivity index (χ2n) is 11.8. The van der Waals surface area contributed by atoms with Crippen molar-refractivity contribution in [2.75, 3.05) is 18.0 Å². The summed E-state index contributed by atoms with van der Waals surface area (Å²) >= 11 is 0. The van der Waals surface area contributed by atoms with Crippen LogP contribution in [0.1, 0.15) is 67.2 Å². The van der Waals surface area contributed by atoms with Crippen LogP contribution in [0.2, 0.25) is 0 Å². The Labute approximate surface area is 235 Å². The van der Waals surface area contributed by atoms with Crippen molar-refractivity contribution in [3.8, 4) is 0 Å². The van der Waals surface area contributed by atoms with Crippen molar-refractivity contribution in [2.45, 2.75) is 90.6 Å². The molecule has 2 aromatic rings. The molecule has 1 unspecified atom stereocenters. The zero-order chi connectivity index (χ0) is 29.5. The normalized spacial score (nSPS) is 16.1. The molecular formula is C29H41N5O6. The third-order valence-corrected chi connectivity index (χ3v) is 5.85. The maximum Gasteiger partial charge on any atom is 0.416 e. The van der Waals surface area contributed by atoms with E-state index < -0.39 is 35.2 Å². The number of carbonyl (C=O) groups excluding carboxylic acids is 3. The van der Waals surface area contributed by atoms with Gasteiger partial charge in [-0.1, -0.05) is 29.4 Å². The number of rotatable bonds is 10. The number of anilines is 1. The predicted octanol–water partition coefficient (Wildman–Crippen LogP) is 4.08. The molecule has 0 aliphatic carbocycles. The van der Waals surface area contributed by atoms with Crippen LogP contribution in [0.3, 0.4) is 0 Å². The molecule has 2 heterocycles. The molecule has 11 heteroatoms. The predicted molar refractivity (Wildman–Crippen MR) is 153 cm³/mol. The Balaban J connectivity index is 1.48. The third kappa shape index (κ3) is 9.48.